The molecule has 2 aromatic rings. The number of carbonyl (C=O) groups is 1. The first-order valence-corrected chi connectivity index (χ1v) is 8.80. The smallest absolute Gasteiger partial charge is 0.318 e. The largest absolute Gasteiger partial charge is 0.426 e. The van der Waals surface area contributed by atoms with Crippen molar-refractivity contribution in [2.24, 2.45) is 5.41 Å². The Morgan fingerprint density at radius 1 is 0.917 bits per heavy atom. The van der Waals surface area contributed by atoms with Crippen LogP contribution in [-0.4, -0.2) is 5.97 Å². The molecule has 1 fully saturated rings. The van der Waals surface area contributed by atoms with Crippen molar-refractivity contribution in [3.63, 3.8) is 0 Å². The van der Waals surface area contributed by atoms with Crippen molar-refractivity contribution in [2.75, 3.05) is 0 Å². The van der Waals surface area contributed by atoms with E-state index in [0.717, 1.165) is 30.4 Å². The monoisotopic (exact) mass is 358 g/mol. The van der Waals surface area contributed by atoms with E-state index >= 15 is 0 Å². The first kappa shape index (κ1) is 15.7. The van der Waals surface area contributed by atoms with Gasteiger partial charge in [-0.25, -0.2) is 0 Å². The molecule has 1 aliphatic heterocycles. The molecule has 1 heterocycles. The molecule has 24 heavy (non-hydrogen) atoms. The number of halogens is 2. The molecule has 1 unspecified atom stereocenters. The van der Waals surface area contributed by atoms with Gasteiger partial charge in [0.2, 0.25) is 0 Å². The number of benzene rings is 2. The van der Waals surface area contributed by atoms with E-state index in [4.69, 9.17) is 27.9 Å². The molecule has 2 aromatic carbocycles. The lowest BCUT2D eigenvalue weighted by Gasteiger charge is -2.47. The fourth-order valence-electron chi connectivity index (χ4n) is 3.60. The number of carbonyl (C=O) groups excluding carboxylic acids is 1. The summed E-state index contributed by atoms with van der Waals surface area (Å²) < 4.78 is 5.70. The van der Waals surface area contributed by atoms with Crippen molar-refractivity contribution in [2.45, 2.75) is 25.2 Å². The average molecular weight is 359 g/mol. The van der Waals surface area contributed by atoms with Gasteiger partial charge in [-0.2, -0.15) is 0 Å². The van der Waals surface area contributed by atoms with Crippen LogP contribution in [0.5, 0.6) is 0 Å². The summed E-state index contributed by atoms with van der Waals surface area (Å²) in [6, 6.07) is 15.1. The number of rotatable bonds is 2. The Bertz CT molecular complexity index is 803. The Morgan fingerprint density at radius 3 is 2.04 bits per heavy atom. The Hall–Kier alpha value is -1.77. The molecule has 1 spiro atoms. The van der Waals surface area contributed by atoms with Crippen molar-refractivity contribution >= 4 is 34.9 Å². The van der Waals surface area contributed by atoms with Gasteiger partial charge in [-0.15, -0.1) is 0 Å². The molecule has 0 aromatic heterocycles. The van der Waals surface area contributed by atoms with E-state index in [2.05, 4.69) is 6.08 Å². The molecule has 0 radical (unpaired) electrons. The van der Waals surface area contributed by atoms with Crippen LogP contribution in [0, 0.1) is 5.41 Å². The molecular weight excluding hydrogens is 343 g/mol. The molecule has 2 nitrogen and oxygen atoms in total. The van der Waals surface area contributed by atoms with Crippen LogP contribution >= 0.6 is 23.2 Å². The van der Waals surface area contributed by atoms with E-state index in [1.807, 2.05) is 36.4 Å². The van der Waals surface area contributed by atoms with Crippen molar-refractivity contribution in [1.29, 1.82) is 0 Å². The summed E-state index contributed by atoms with van der Waals surface area (Å²) in [6.45, 7) is 0. The topological polar surface area (TPSA) is 26.3 Å². The van der Waals surface area contributed by atoms with Crippen molar-refractivity contribution in [3.05, 3.63) is 75.8 Å². The standard InChI is InChI=1S/C20H16Cl2O2/c21-15-6-2-13(3-7-15)17-12-18(14-4-8-16(22)9-5-14)24-19(23)20(17)10-1-11-20/h2-9,12,17H,1,10-11H2. The van der Waals surface area contributed by atoms with E-state index in [0.29, 0.717) is 15.8 Å². The molecular formula is C20H16Cl2O2. The summed E-state index contributed by atoms with van der Waals surface area (Å²) in [5, 5.41) is 1.35. The van der Waals surface area contributed by atoms with Crippen LogP contribution in [0.1, 0.15) is 36.3 Å². The van der Waals surface area contributed by atoms with Gasteiger partial charge < -0.3 is 4.74 Å². The maximum absolute atomic E-state index is 12.8. The minimum absolute atomic E-state index is 0.00967. The first-order chi connectivity index (χ1) is 11.6. The van der Waals surface area contributed by atoms with E-state index in [1.165, 1.54) is 0 Å². The second kappa shape index (κ2) is 5.94. The van der Waals surface area contributed by atoms with Crippen LogP contribution in [0.4, 0.5) is 0 Å². The third-order valence-corrected chi connectivity index (χ3v) is 5.63. The maximum atomic E-state index is 12.8. The minimum atomic E-state index is -0.427. The number of allylic oxidation sites excluding steroid dienone is 1. The number of hydrogen-bond acceptors (Lipinski definition) is 2. The first-order valence-electron chi connectivity index (χ1n) is 8.04. The predicted molar refractivity (Wildman–Crippen MR) is 96.0 cm³/mol. The molecule has 4 rings (SSSR count). The third kappa shape index (κ3) is 2.54. The summed E-state index contributed by atoms with van der Waals surface area (Å²) in [6.07, 6.45) is 4.86. The zero-order chi connectivity index (χ0) is 16.7. The number of cyclic esters (lactones) is 1. The van der Waals surface area contributed by atoms with Crippen LogP contribution in [-0.2, 0) is 9.53 Å². The van der Waals surface area contributed by atoms with Crippen LogP contribution in [0.15, 0.2) is 54.6 Å². The molecule has 1 saturated carbocycles. The quantitative estimate of drug-likeness (QED) is 0.629. The summed E-state index contributed by atoms with van der Waals surface area (Å²) in [7, 11) is 0. The third-order valence-electron chi connectivity index (χ3n) is 5.13. The summed E-state index contributed by atoms with van der Waals surface area (Å²) in [4.78, 5) is 12.8. The van der Waals surface area contributed by atoms with Gasteiger partial charge in [-0.05, 0) is 60.9 Å². The highest BCUT2D eigenvalue weighted by Crippen LogP contribution is 2.56. The van der Waals surface area contributed by atoms with Crippen LogP contribution < -0.4 is 0 Å². The summed E-state index contributed by atoms with van der Waals surface area (Å²) in [5.41, 5.74) is 1.53. The van der Waals surface area contributed by atoms with E-state index in [1.54, 1.807) is 12.1 Å². The van der Waals surface area contributed by atoms with Gasteiger partial charge in [-0.3, -0.25) is 4.79 Å². The van der Waals surface area contributed by atoms with Gasteiger partial charge in [0, 0.05) is 21.5 Å². The number of ether oxygens (including phenoxy) is 1. The molecule has 0 amide bonds. The highest BCUT2D eigenvalue weighted by molar-refractivity contribution is 6.30. The van der Waals surface area contributed by atoms with E-state index < -0.39 is 5.41 Å². The fraction of sp³-hybridized carbons (Fsp3) is 0.250. The lowest BCUT2D eigenvalue weighted by Crippen LogP contribution is -2.46. The van der Waals surface area contributed by atoms with Gasteiger partial charge in [0.25, 0.3) is 0 Å². The predicted octanol–water partition coefficient (Wildman–Crippen LogP) is 5.85. The van der Waals surface area contributed by atoms with Gasteiger partial charge >= 0.3 is 5.97 Å². The van der Waals surface area contributed by atoms with Crippen molar-refractivity contribution in [1.82, 2.24) is 0 Å². The molecule has 1 aliphatic carbocycles. The maximum Gasteiger partial charge on any atom is 0.318 e. The number of hydrogen-bond donors (Lipinski definition) is 0. The number of esters is 1. The van der Waals surface area contributed by atoms with Gasteiger partial charge in [0.15, 0.2) is 0 Å². The minimum Gasteiger partial charge on any atom is -0.426 e. The zero-order valence-corrected chi connectivity index (χ0v) is 14.5. The second-order valence-electron chi connectivity index (χ2n) is 6.47. The van der Waals surface area contributed by atoms with Gasteiger partial charge in [0.1, 0.15) is 5.76 Å². The Morgan fingerprint density at radius 2 is 1.50 bits per heavy atom. The molecule has 0 bridgehead atoms. The molecule has 2 aliphatic rings. The summed E-state index contributed by atoms with van der Waals surface area (Å²) in [5.74, 6) is 0.491. The molecule has 0 N–H and O–H groups in total. The van der Waals surface area contributed by atoms with Gasteiger partial charge in [-0.1, -0.05) is 41.8 Å². The fourth-order valence-corrected chi connectivity index (χ4v) is 3.85. The van der Waals surface area contributed by atoms with Crippen LogP contribution in [0.3, 0.4) is 0 Å². The van der Waals surface area contributed by atoms with Crippen LogP contribution in [0.25, 0.3) is 5.76 Å². The summed E-state index contributed by atoms with van der Waals surface area (Å²) >= 11 is 12.0. The van der Waals surface area contributed by atoms with E-state index in [9.17, 15) is 4.79 Å². The molecule has 4 heteroatoms. The molecule has 0 saturated heterocycles. The van der Waals surface area contributed by atoms with Crippen molar-refractivity contribution in [3.8, 4) is 0 Å². The van der Waals surface area contributed by atoms with Crippen molar-refractivity contribution < 1.29 is 9.53 Å². The Balaban J connectivity index is 1.79. The average Bonchev–Trinajstić information content (AvgIpc) is 2.54. The highest BCUT2D eigenvalue weighted by atomic mass is 35.5. The SMILES string of the molecule is O=C1OC(c2ccc(Cl)cc2)=CC(c2ccc(Cl)cc2)C12CCC2. The Labute approximate surface area is 151 Å². The van der Waals surface area contributed by atoms with E-state index in [-0.39, 0.29) is 11.9 Å². The highest BCUT2D eigenvalue weighted by Gasteiger charge is 2.53. The zero-order valence-electron chi connectivity index (χ0n) is 13.0. The molecule has 122 valence electrons. The van der Waals surface area contributed by atoms with Gasteiger partial charge in [0.05, 0.1) is 5.41 Å². The Kier molecular flexibility index (Phi) is 3.90. The normalized spacial score (nSPS) is 21.8. The van der Waals surface area contributed by atoms with Crippen LogP contribution in [0.2, 0.25) is 10.0 Å². The lowest BCUT2D eigenvalue weighted by molar-refractivity contribution is -0.156. The lowest BCUT2D eigenvalue weighted by atomic mass is 9.58. The second-order valence-corrected chi connectivity index (χ2v) is 7.34. The molecule has 1 atom stereocenters.